The fourth-order valence-electron chi connectivity index (χ4n) is 2.66. The van der Waals surface area contributed by atoms with Crippen LogP contribution in [0.25, 0.3) is 0 Å². The van der Waals surface area contributed by atoms with Gasteiger partial charge in [-0.25, -0.2) is 0 Å². The normalized spacial score (nSPS) is 22.8. The minimum absolute atomic E-state index is 0.558. The summed E-state index contributed by atoms with van der Waals surface area (Å²) in [5, 5.41) is 8.01. The molecule has 0 aromatic carbocycles. The number of hydrogen-bond acceptors (Lipinski definition) is 3. The van der Waals surface area contributed by atoms with Gasteiger partial charge >= 0.3 is 0 Å². The van der Waals surface area contributed by atoms with Crippen LogP contribution in [0.5, 0.6) is 0 Å². The summed E-state index contributed by atoms with van der Waals surface area (Å²) < 4.78 is 8.40. The van der Waals surface area contributed by atoms with E-state index in [1.54, 1.807) is 7.11 Å². The minimum Gasteiger partial charge on any atom is -0.383 e. The van der Waals surface area contributed by atoms with Gasteiger partial charge in [-0.1, -0.05) is 13.8 Å². The molecule has 1 aliphatic carbocycles. The Balaban J connectivity index is 2.02. The van der Waals surface area contributed by atoms with E-state index in [1.165, 1.54) is 18.5 Å². The third-order valence-corrected chi connectivity index (χ3v) is 4.51. The highest BCUT2D eigenvalue weighted by molar-refractivity contribution is 9.10. The maximum Gasteiger partial charge on any atom is 0.0658 e. The zero-order valence-corrected chi connectivity index (χ0v) is 13.6. The van der Waals surface area contributed by atoms with Crippen LogP contribution in [0, 0.1) is 5.92 Å². The Morgan fingerprint density at radius 3 is 2.89 bits per heavy atom. The summed E-state index contributed by atoms with van der Waals surface area (Å²) in [6.07, 6.45) is 4.49. The number of nitrogens with zero attached hydrogens (tertiary/aromatic N) is 2. The molecule has 0 aliphatic heterocycles. The highest BCUT2D eigenvalue weighted by atomic mass is 79.9. The summed E-state index contributed by atoms with van der Waals surface area (Å²) in [6, 6.07) is 0.558. The number of nitrogens with one attached hydrogen (secondary N) is 1. The summed E-state index contributed by atoms with van der Waals surface area (Å²) in [5.74, 6) is 1.36. The summed E-state index contributed by atoms with van der Waals surface area (Å²) in [4.78, 5) is 0. The van der Waals surface area contributed by atoms with Crippen LogP contribution in [0.4, 0.5) is 0 Å². The molecule has 108 valence electrons. The first-order valence-corrected chi connectivity index (χ1v) is 7.86. The van der Waals surface area contributed by atoms with Gasteiger partial charge in [-0.2, -0.15) is 5.10 Å². The van der Waals surface area contributed by atoms with E-state index in [1.807, 2.05) is 6.20 Å². The lowest BCUT2D eigenvalue weighted by atomic mass is 9.71. The first-order valence-electron chi connectivity index (χ1n) is 7.07. The zero-order valence-electron chi connectivity index (χ0n) is 12.0. The maximum absolute atomic E-state index is 5.16. The molecule has 4 nitrogen and oxygen atoms in total. The van der Waals surface area contributed by atoms with Gasteiger partial charge in [0.05, 0.1) is 29.5 Å². The molecule has 0 amide bonds. The lowest BCUT2D eigenvalue weighted by Gasteiger charge is -2.38. The van der Waals surface area contributed by atoms with Gasteiger partial charge in [0.25, 0.3) is 0 Å². The van der Waals surface area contributed by atoms with E-state index in [-0.39, 0.29) is 0 Å². The van der Waals surface area contributed by atoms with E-state index in [9.17, 15) is 0 Å². The van der Waals surface area contributed by atoms with Crippen LogP contribution < -0.4 is 5.32 Å². The molecule has 5 heteroatoms. The van der Waals surface area contributed by atoms with Crippen LogP contribution in [0.15, 0.2) is 10.7 Å². The first kappa shape index (κ1) is 15.0. The molecule has 0 radical (unpaired) electrons. The minimum atomic E-state index is 0.558. The highest BCUT2D eigenvalue weighted by Gasteiger charge is 2.35. The van der Waals surface area contributed by atoms with Crippen LogP contribution in [-0.2, 0) is 11.3 Å². The van der Waals surface area contributed by atoms with Gasteiger partial charge in [0, 0.05) is 19.1 Å². The molecule has 1 aliphatic rings. The van der Waals surface area contributed by atoms with E-state index in [4.69, 9.17) is 4.74 Å². The SMILES string of the molecule is COCCn1ncc(Br)c1C1CCC1CNC(C)C. The molecule has 0 bridgehead atoms. The van der Waals surface area contributed by atoms with Crippen LogP contribution in [0.2, 0.25) is 0 Å². The average Bonchev–Trinajstić information content (AvgIpc) is 2.67. The van der Waals surface area contributed by atoms with E-state index in [2.05, 4.69) is 44.9 Å². The second kappa shape index (κ2) is 6.86. The number of ether oxygens (including phenoxy) is 1. The van der Waals surface area contributed by atoms with Crippen LogP contribution >= 0.6 is 15.9 Å². The highest BCUT2D eigenvalue weighted by Crippen LogP contribution is 2.44. The molecular weight excluding hydrogens is 306 g/mol. The third kappa shape index (κ3) is 3.58. The Labute approximate surface area is 124 Å². The lowest BCUT2D eigenvalue weighted by molar-refractivity contribution is 0.175. The smallest absolute Gasteiger partial charge is 0.0658 e. The molecule has 1 N–H and O–H groups in total. The molecule has 2 rings (SSSR count). The fraction of sp³-hybridized carbons (Fsp3) is 0.786. The Bertz CT molecular complexity index is 405. The fourth-order valence-corrected chi connectivity index (χ4v) is 3.25. The monoisotopic (exact) mass is 329 g/mol. The number of halogens is 1. The zero-order chi connectivity index (χ0) is 13.8. The standard InChI is InChI=1S/C14H24BrN3O/c1-10(2)16-8-11-4-5-12(11)14-13(15)9-17-18(14)6-7-19-3/h9-12,16H,4-8H2,1-3H3. The molecule has 19 heavy (non-hydrogen) atoms. The van der Waals surface area contributed by atoms with Crippen LogP contribution in [0.3, 0.4) is 0 Å². The Morgan fingerprint density at radius 1 is 1.53 bits per heavy atom. The summed E-state index contributed by atoms with van der Waals surface area (Å²) in [6.45, 7) is 7.05. The largest absolute Gasteiger partial charge is 0.383 e. The number of rotatable bonds is 7. The average molecular weight is 330 g/mol. The first-order chi connectivity index (χ1) is 9.13. The van der Waals surface area contributed by atoms with Crippen molar-refractivity contribution in [3.8, 4) is 0 Å². The van der Waals surface area contributed by atoms with Crippen molar-refractivity contribution in [2.45, 2.75) is 45.2 Å². The topological polar surface area (TPSA) is 39.1 Å². The molecule has 2 atom stereocenters. The van der Waals surface area contributed by atoms with Crippen molar-refractivity contribution in [3.63, 3.8) is 0 Å². The van der Waals surface area contributed by atoms with Gasteiger partial charge in [0.2, 0.25) is 0 Å². The summed E-state index contributed by atoms with van der Waals surface area (Å²) >= 11 is 3.65. The van der Waals surface area contributed by atoms with Gasteiger partial charge < -0.3 is 10.1 Å². The molecule has 0 saturated heterocycles. The van der Waals surface area contributed by atoms with Crippen molar-refractivity contribution >= 4 is 15.9 Å². The molecule has 1 saturated carbocycles. The predicted octanol–water partition coefficient (Wildman–Crippen LogP) is 2.78. The van der Waals surface area contributed by atoms with Gasteiger partial charge in [-0.05, 0) is 41.2 Å². The summed E-state index contributed by atoms with van der Waals surface area (Å²) in [5.41, 5.74) is 1.35. The molecule has 0 spiro atoms. The van der Waals surface area contributed by atoms with Gasteiger partial charge in [-0.3, -0.25) is 4.68 Å². The van der Waals surface area contributed by atoms with Crippen molar-refractivity contribution < 1.29 is 4.74 Å². The van der Waals surface area contributed by atoms with Gasteiger partial charge in [0.15, 0.2) is 0 Å². The molecule has 1 aromatic heterocycles. The summed E-state index contributed by atoms with van der Waals surface area (Å²) in [7, 11) is 1.73. The second-order valence-electron chi connectivity index (χ2n) is 5.60. The van der Waals surface area contributed by atoms with Crippen LogP contribution in [0.1, 0.15) is 38.3 Å². The Kier molecular flexibility index (Phi) is 5.42. The Morgan fingerprint density at radius 2 is 2.32 bits per heavy atom. The number of methoxy groups -OCH3 is 1. The second-order valence-corrected chi connectivity index (χ2v) is 6.45. The van der Waals surface area contributed by atoms with Crippen molar-refractivity contribution in [3.05, 3.63) is 16.4 Å². The van der Waals surface area contributed by atoms with Crippen molar-refractivity contribution in [1.29, 1.82) is 0 Å². The van der Waals surface area contributed by atoms with Gasteiger partial charge in [-0.15, -0.1) is 0 Å². The molecule has 1 heterocycles. The molecule has 2 unspecified atom stereocenters. The van der Waals surface area contributed by atoms with E-state index >= 15 is 0 Å². The quantitative estimate of drug-likeness (QED) is 0.836. The number of aromatic nitrogens is 2. The van der Waals surface area contributed by atoms with Crippen molar-refractivity contribution in [2.75, 3.05) is 20.3 Å². The van der Waals surface area contributed by atoms with Crippen molar-refractivity contribution in [1.82, 2.24) is 15.1 Å². The predicted molar refractivity (Wildman–Crippen MR) is 80.4 cm³/mol. The van der Waals surface area contributed by atoms with E-state index < -0.39 is 0 Å². The third-order valence-electron chi connectivity index (χ3n) is 3.90. The van der Waals surface area contributed by atoms with E-state index in [0.29, 0.717) is 18.6 Å². The Hall–Kier alpha value is -0.390. The lowest BCUT2D eigenvalue weighted by Crippen LogP contribution is -2.37. The van der Waals surface area contributed by atoms with Crippen LogP contribution in [-0.4, -0.2) is 36.1 Å². The molecule has 1 aromatic rings. The van der Waals surface area contributed by atoms with Crippen molar-refractivity contribution in [2.24, 2.45) is 5.92 Å². The number of hydrogen-bond donors (Lipinski definition) is 1. The molecular formula is C14H24BrN3O. The van der Waals surface area contributed by atoms with Gasteiger partial charge in [0.1, 0.15) is 0 Å². The molecule has 1 fully saturated rings. The maximum atomic E-state index is 5.16. The van der Waals surface area contributed by atoms with E-state index in [0.717, 1.165) is 23.5 Å².